The largest absolute Gasteiger partial charge is 0.309 e. The van der Waals surface area contributed by atoms with Gasteiger partial charge in [0.2, 0.25) is 19.7 Å². The van der Waals surface area contributed by atoms with Crippen LogP contribution in [0.1, 0.15) is 0 Å². The lowest BCUT2D eigenvalue weighted by atomic mass is 10.1. The molecule has 1 heterocycles. The molecule has 0 radical (unpaired) electrons. The molecule has 0 N–H and O–H groups in total. The average Bonchev–Trinajstić information content (AvgIpc) is 3.28. The van der Waals surface area contributed by atoms with Gasteiger partial charge >= 0.3 is 0 Å². The molecule has 0 amide bonds. The van der Waals surface area contributed by atoms with Gasteiger partial charge in [-0.2, -0.15) is 0 Å². The normalized spacial score (nSPS) is 12.2. The summed E-state index contributed by atoms with van der Waals surface area (Å²) in [7, 11) is -7.31. The van der Waals surface area contributed by atoms with Crippen molar-refractivity contribution in [1.82, 2.24) is 4.57 Å². The Kier molecular flexibility index (Phi) is 5.47. The molecule has 37 heavy (non-hydrogen) atoms. The highest BCUT2D eigenvalue weighted by Gasteiger charge is 2.21. The van der Waals surface area contributed by atoms with E-state index in [-0.39, 0.29) is 19.6 Å². The van der Waals surface area contributed by atoms with E-state index in [0.717, 1.165) is 27.5 Å². The van der Waals surface area contributed by atoms with Crippen molar-refractivity contribution in [2.45, 2.75) is 19.6 Å². The van der Waals surface area contributed by atoms with Crippen molar-refractivity contribution in [3.05, 3.63) is 127 Å². The minimum absolute atomic E-state index is 0.208. The van der Waals surface area contributed by atoms with Gasteiger partial charge in [-0.1, -0.05) is 54.6 Å². The Balaban J connectivity index is 1.50. The maximum absolute atomic E-state index is 13.3. The van der Waals surface area contributed by atoms with Crippen LogP contribution in [0.3, 0.4) is 0 Å². The molecule has 6 rings (SSSR count). The highest BCUT2D eigenvalue weighted by Crippen LogP contribution is 2.35. The molecule has 7 heteroatoms. The first-order valence-electron chi connectivity index (χ1n) is 11.6. The van der Waals surface area contributed by atoms with Crippen molar-refractivity contribution < 1.29 is 16.8 Å². The van der Waals surface area contributed by atoms with Crippen LogP contribution in [0.25, 0.3) is 27.5 Å². The number of fused-ring (bicyclic) bond motifs is 3. The van der Waals surface area contributed by atoms with Crippen LogP contribution in [0, 0.1) is 0 Å². The first-order chi connectivity index (χ1) is 17.9. The average molecular weight is 524 g/mol. The van der Waals surface area contributed by atoms with Crippen LogP contribution >= 0.6 is 0 Å². The van der Waals surface area contributed by atoms with Gasteiger partial charge in [0, 0.05) is 16.5 Å². The number of hydrogen-bond acceptors (Lipinski definition) is 4. The van der Waals surface area contributed by atoms with Crippen LogP contribution in [-0.4, -0.2) is 21.4 Å². The summed E-state index contributed by atoms with van der Waals surface area (Å²) < 4.78 is 54.6. The molecule has 0 atom stereocenters. The maximum atomic E-state index is 13.3. The van der Waals surface area contributed by atoms with Crippen molar-refractivity contribution in [3.63, 3.8) is 0 Å². The van der Waals surface area contributed by atoms with E-state index in [1.807, 2.05) is 28.8 Å². The summed E-state index contributed by atoms with van der Waals surface area (Å²) in [5, 5.41) is 1.71. The SMILES string of the molecule is O=S(=O)(c1ccccc1)c1ccc(-n2c3ccccc3c3cc(S(=O)(=O)c4ccccc4)ccc32)cc1. The topological polar surface area (TPSA) is 73.2 Å². The Bertz CT molecular complexity index is 1980. The third kappa shape index (κ3) is 3.84. The molecule has 0 saturated heterocycles. The van der Waals surface area contributed by atoms with Crippen molar-refractivity contribution in [2.75, 3.05) is 0 Å². The predicted octanol–water partition coefficient (Wildman–Crippen LogP) is 6.45. The summed E-state index contributed by atoms with van der Waals surface area (Å²) in [6, 6.07) is 36.4. The van der Waals surface area contributed by atoms with Crippen molar-refractivity contribution in [3.8, 4) is 5.69 Å². The smallest absolute Gasteiger partial charge is 0.206 e. The van der Waals surface area contributed by atoms with Crippen molar-refractivity contribution >= 4 is 41.5 Å². The molecule has 182 valence electrons. The zero-order valence-corrected chi connectivity index (χ0v) is 21.2. The number of benzene rings is 5. The fourth-order valence-corrected chi connectivity index (χ4v) is 7.23. The second-order valence-corrected chi connectivity index (χ2v) is 12.6. The fraction of sp³-hybridized carbons (Fsp3) is 0. The van der Waals surface area contributed by atoms with E-state index in [1.54, 1.807) is 103 Å². The Morgan fingerprint density at radius 2 is 0.865 bits per heavy atom. The van der Waals surface area contributed by atoms with Gasteiger partial charge in [0.15, 0.2) is 0 Å². The number of hydrogen-bond donors (Lipinski definition) is 0. The van der Waals surface area contributed by atoms with Crippen molar-refractivity contribution in [2.24, 2.45) is 0 Å². The standard InChI is InChI=1S/C30H21NO4S2/c32-36(33,23-9-3-1-4-10-23)25-17-15-22(16-18-25)31-29-14-8-7-13-27(29)28-21-26(19-20-30(28)31)37(34,35)24-11-5-2-6-12-24/h1-21H. The van der Waals surface area contributed by atoms with Crippen LogP contribution < -0.4 is 0 Å². The van der Waals surface area contributed by atoms with Gasteiger partial charge in [0.05, 0.1) is 30.6 Å². The molecule has 0 bridgehead atoms. The van der Waals surface area contributed by atoms with E-state index < -0.39 is 19.7 Å². The number of rotatable bonds is 5. The van der Waals surface area contributed by atoms with E-state index in [2.05, 4.69) is 0 Å². The molecular formula is C30H21NO4S2. The highest BCUT2D eigenvalue weighted by molar-refractivity contribution is 7.91. The molecule has 0 aliphatic rings. The lowest BCUT2D eigenvalue weighted by Crippen LogP contribution is -2.03. The predicted molar refractivity (Wildman–Crippen MR) is 145 cm³/mol. The Labute approximate surface area is 215 Å². The monoisotopic (exact) mass is 523 g/mol. The third-order valence-electron chi connectivity index (χ3n) is 6.47. The summed E-state index contributed by atoms with van der Waals surface area (Å²) in [5.74, 6) is 0. The molecule has 0 unspecified atom stereocenters. The number of nitrogens with zero attached hydrogens (tertiary/aromatic N) is 1. The molecular weight excluding hydrogens is 502 g/mol. The first kappa shape index (κ1) is 23.2. The van der Waals surface area contributed by atoms with E-state index in [4.69, 9.17) is 0 Å². The lowest BCUT2D eigenvalue weighted by Gasteiger charge is -2.10. The van der Waals surface area contributed by atoms with Gasteiger partial charge in [-0.15, -0.1) is 0 Å². The second-order valence-electron chi connectivity index (χ2n) is 8.66. The third-order valence-corrected chi connectivity index (χ3v) is 10.0. The molecule has 0 fully saturated rings. The van der Waals surface area contributed by atoms with Gasteiger partial charge in [-0.25, -0.2) is 16.8 Å². The molecule has 0 aliphatic carbocycles. The van der Waals surface area contributed by atoms with Crippen LogP contribution in [0.2, 0.25) is 0 Å². The fourth-order valence-electron chi connectivity index (χ4n) is 4.64. The van der Waals surface area contributed by atoms with E-state index in [1.165, 1.54) is 0 Å². The lowest BCUT2D eigenvalue weighted by molar-refractivity contribution is 0.594. The Morgan fingerprint density at radius 3 is 1.49 bits per heavy atom. The van der Waals surface area contributed by atoms with Crippen LogP contribution in [0.4, 0.5) is 0 Å². The summed E-state index contributed by atoms with van der Waals surface area (Å²) in [5.41, 5.74) is 2.49. The number of para-hydroxylation sites is 1. The van der Waals surface area contributed by atoms with Crippen LogP contribution in [0.5, 0.6) is 0 Å². The Hall–Kier alpha value is -4.20. The summed E-state index contributed by atoms with van der Waals surface area (Å²) in [4.78, 5) is 0.915. The summed E-state index contributed by atoms with van der Waals surface area (Å²) in [6.45, 7) is 0. The zero-order chi connectivity index (χ0) is 25.6. The molecule has 1 aromatic heterocycles. The van der Waals surface area contributed by atoms with Crippen LogP contribution in [-0.2, 0) is 19.7 Å². The van der Waals surface area contributed by atoms with Gasteiger partial charge in [-0.3, -0.25) is 0 Å². The van der Waals surface area contributed by atoms with E-state index in [9.17, 15) is 16.8 Å². The zero-order valence-electron chi connectivity index (χ0n) is 19.5. The first-order valence-corrected chi connectivity index (χ1v) is 14.6. The molecule has 0 saturated carbocycles. The molecule has 6 aromatic rings. The quantitative estimate of drug-likeness (QED) is 0.260. The summed E-state index contributed by atoms with van der Waals surface area (Å²) in [6.07, 6.45) is 0. The van der Waals surface area contributed by atoms with E-state index >= 15 is 0 Å². The molecule has 0 spiro atoms. The number of aromatic nitrogens is 1. The Morgan fingerprint density at radius 1 is 0.405 bits per heavy atom. The van der Waals surface area contributed by atoms with E-state index in [0.29, 0.717) is 0 Å². The highest BCUT2D eigenvalue weighted by atomic mass is 32.2. The van der Waals surface area contributed by atoms with Crippen LogP contribution in [0.15, 0.2) is 147 Å². The maximum Gasteiger partial charge on any atom is 0.206 e. The summed E-state index contributed by atoms with van der Waals surface area (Å²) >= 11 is 0. The van der Waals surface area contributed by atoms with Gasteiger partial charge in [-0.05, 0) is 72.8 Å². The molecule has 5 aromatic carbocycles. The minimum atomic E-state index is -3.68. The molecule has 5 nitrogen and oxygen atoms in total. The minimum Gasteiger partial charge on any atom is -0.309 e. The van der Waals surface area contributed by atoms with Crippen molar-refractivity contribution in [1.29, 1.82) is 0 Å². The van der Waals surface area contributed by atoms with Gasteiger partial charge in [0.1, 0.15) is 0 Å². The number of sulfone groups is 2. The molecule has 0 aliphatic heterocycles. The van der Waals surface area contributed by atoms with Gasteiger partial charge in [0.25, 0.3) is 0 Å². The van der Waals surface area contributed by atoms with Gasteiger partial charge < -0.3 is 4.57 Å². The second kappa shape index (κ2) is 8.73.